The first-order chi connectivity index (χ1) is 12.1. The lowest BCUT2D eigenvalue weighted by molar-refractivity contribution is 0.0303. The summed E-state index contributed by atoms with van der Waals surface area (Å²) >= 11 is 0. The SMILES string of the molecule is Cc1cccc(CNC(=O)c2ccc(C(=O)N3CCOCC3)cc2)c1. The van der Waals surface area contributed by atoms with Crippen LogP contribution in [0.3, 0.4) is 0 Å². The fraction of sp³-hybridized carbons (Fsp3) is 0.300. The lowest BCUT2D eigenvalue weighted by Crippen LogP contribution is -2.40. The average Bonchev–Trinajstić information content (AvgIpc) is 2.66. The molecule has 2 aromatic rings. The summed E-state index contributed by atoms with van der Waals surface area (Å²) in [6, 6.07) is 14.8. The van der Waals surface area contributed by atoms with Crippen LogP contribution in [0.15, 0.2) is 48.5 Å². The molecule has 1 fully saturated rings. The molecule has 130 valence electrons. The van der Waals surface area contributed by atoms with E-state index in [0.717, 1.165) is 11.1 Å². The third kappa shape index (κ3) is 4.45. The van der Waals surface area contributed by atoms with Gasteiger partial charge >= 0.3 is 0 Å². The summed E-state index contributed by atoms with van der Waals surface area (Å²) in [6.45, 7) is 4.87. The fourth-order valence-corrected chi connectivity index (χ4v) is 2.82. The maximum atomic E-state index is 12.4. The number of hydrogen-bond acceptors (Lipinski definition) is 3. The molecule has 0 atom stereocenters. The molecule has 2 aromatic carbocycles. The van der Waals surface area contributed by atoms with Crippen LogP contribution in [0.4, 0.5) is 0 Å². The molecule has 1 aliphatic rings. The minimum Gasteiger partial charge on any atom is -0.378 e. The van der Waals surface area contributed by atoms with Crippen molar-refractivity contribution in [3.63, 3.8) is 0 Å². The summed E-state index contributed by atoms with van der Waals surface area (Å²) in [6.07, 6.45) is 0. The van der Waals surface area contributed by atoms with Crippen molar-refractivity contribution in [3.8, 4) is 0 Å². The minimum atomic E-state index is -0.146. The highest BCUT2D eigenvalue weighted by atomic mass is 16.5. The molecule has 3 rings (SSSR count). The number of amides is 2. The zero-order valence-electron chi connectivity index (χ0n) is 14.3. The van der Waals surface area contributed by atoms with Crippen molar-refractivity contribution < 1.29 is 14.3 Å². The summed E-state index contributed by atoms with van der Waals surface area (Å²) in [7, 11) is 0. The number of carbonyl (C=O) groups excluding carboxylic acids is 2. The molecule has 25 heavy (non-hydrogen) atoms. The van der Waals surface area contributed by atoms with Crippen molar-refractivity contribution in [2.75, 3.05) is 26.3 Å². The zero-order chi connectivity index (χ0) is 17.6. The number of aryl methyl sites for hydroxylation is 1. The molecule has 0 spiro atoms. The van der Waals surface area contributed by atoms with E-state index in [1.807, 2.05) is 31.2 Å². The van der Waals surface area contributed by atoms with E-state index in [1.165, 1.54) is 0 Å². The highest BCUT2D eigenvalue weighted by molar-refractivity contribution is 5.97. The van der Waals surface area contributed by atoms with Crippen LogP contribution >= 0.6 is 0 Å². The highest BCUT2D eigenvalue weighted by Gasteiger charge is 2.18. The maximum Gasteiger partial charge on any atom is 0.254 e. The van der Waals surface area contributed by atoms with E-state index in [4.69, 9.17) is 4.74 Å². The predicted molar refractivity (Wildman–Crippen MR) is 95.5 cm³/mol. The van der Waals surface area contributed by atoms with Gasteiger partial charge in [-0.05, 0) is 36.8 Å². The maximum absolute atomic E-state index is 12.4. The summed E-state index contributed by atoms with van der Waals surface area (Å²) in [5, 5.41) is 2.90. The van der Waals surface area contributed by atoms with Gasteiger partial charge in [0, 0.05) is 30.8 Å². The van der Waals surface area contributed by atoms with Gasteiger partial charge in [0.15, 0.2) is 0 Å². The Bertz CT molecular complexity index is 750. The first-order valence-electron chi connectivity index (χ1n) is 8.44. The van der Waals surface area contributed by atoms with E-state index in [2.05, 4.69) is 5.32 Å². The van der Waals surface area contributed by atoms with E-state index in [1.54, 1.807) is 29.2 Å². The van der Waals surface area contributed by atoms with Crippen molar-refractivity contribution in [2.45, 2.75) is 13.5 Å². The van der Waals surface area contributed by atoms with Gasteiger partial charge in [-0.25, -0.2) is 0 Å². The normalized spacial score (nSPS) is 14.2. The minimum absolute atomic E-state index is 0.0185. The molecule has 1 aliphatic heterocycles. The molecule has 0 bridgehead atoms. The van der Waals surface area contributed by atoms with E-state index >= 15 is 0 Å². The largest absolute Gasteiger partial charge is 0.378 e. The predicted octanol–water partition coefficient (Wildman–Crippen LogP) is 2.40. The second-order valence-electron chi connectivity index (χ2n) is 6.15. The number of carbonyl (C=O) groups is 2. The van der Waals surface area contributed by atoms with Crippen molar-refractivity contribution in [2.24, 2.45) is 0 Å². The molecule has 0 unspecified atom stereocenters. The second-order valence-corrected chi connectivity index (χ2v) is 6.15. The van der Waals surface area contributed by atoms with Crippen LogP contribution in [0.5, 0.6) is 0 Å². The van der Waals surface area contributed by atoms with Gasteiger partial charge in [0.1, 0.15) is 0 Å². The molecule has 2 amide bonds. The van der Waals surface area contributed by atoms with Crippen LogP contribution in [0.25, 0.3) is 0 Å². The van der Waals surface area contributed by atoms with Gasteiger partial charge in [0.25, 0.3) is 11.8 Å². The van der Waals surface area contributed by atoms with Gasteiger partial charge in [-0.3, -0.25) is 9.59 Å². The summed E-state index contributed by atoms with van der Waals surface area (Å²) < 4.78 is 5.26. The summed E-state index contributed by atoms with van der Waals surface area (Å²) in [5.74, 6) is -0.165. The molecule has 0 aliphatic carbocycles. The molecular weight excluding hydrogens is 316 g/mol. The number of rotatable bonds is 4. The molecular formula is C20H22N2O3. The summed E-state index contributed by atoms with van der Waals surface area (Å²) in [5.41, 5.74) is 3.37. The standard InChI is InChI=1S/C20H22N2O3/c1-15-3-2-4-16(13-15)14-21-19(23)17-5-7-18(8-6-17)20(24)22-9-11-25-12-10-22/h2-8,13H,9-12,14H2,1H3,(H,21,23). The van der Waals surface area contributed by atoms with E-state index in [-0.39, 0.29) is 11.8 Å². The number of hydrogen-bond donors (Lipinski definition) is 1. The van der Waals surface area contributed by atoms with Crippen LogP contribution < -0.4 is 5.32 Å². The Balaban J connectivity index is 1.59. The van der Waals surface area contributed by atoms with E-state index in [0.29, 0.717) is 44.0 Å². The first-order valence-corrected chi connectivity index (χ1v) is 8.44. The number of morpholine rings is 1. The van der Waals surface area contributed by atoms with Crippen LogP contribution in [0.1, 0.15) is 31.8 Å². The molecule has 1 heterocycles. The molecule has 0 radical (unpaired) electrons. The lowest BCUT2D eigenvalue weighted by atomic mass is 10.1. The first kappa shape index (κ1) is 17.2. The van der Waals surface area contributed by atoms with Gasteiger partial charge in [-0.15, -0.1) is 0 Å². The Morgan fingerprint density at radius 2 is 1.72 bits per heavy atom. The van der Waals surface area contributed by atoms with Crippen molar-refractivity contribution in [3.05, 3.63) is 70.8 Å². The van der Waals surface area contributed by atoms with Crippen molar-refractivity contribution in [1.29, 1.82) is 0 Å². The second kappa shape index (κ2) is 7.94. The number of nitrogens with one attached hydrogen (secondary N) is 1. The van der Waals surface area contributed by atoms with Crippen LogP contribution in [0, 0.1) is 6.92 Å². The average molecular weight is 338 g/mol. The Morgan fingerprint density at radius 3 is 2.40 bits per heavy atom. The molecule has 0 aromatic heterocycles. The third-order valence-corrected chi connectivity index (χ3v) is 4.23. The molecule has 1 N–H and O–H groups in total. The molecule has 5 nitrogen and oxygen atoms in total. The Morgan fingerprint density at radius 1 is 1.04 bits per heavy atom. The number of ether oxygens (including phenoxy) is 1. The third-order valence-electron chi connectivity index (χ3n) is 4.23. The smallest absolute Gasteiger partial charge is 0.254 e. The number of benzene rings is 2. The van der Waals surface area contributed by atoms with Crippen molar-refractivity contribution in [1.82, 2.24) is 10.2 Å². The molecule has 5 heteroatoms. The van der Waals surface area contributed by atoms with Gasteiger partial charge < -0.3 is 15.0 Å². The van der Waals surface area contributed by atoms with Crippen molar-refractivity contribution >= 4 is 11.8 Å². The van der Waals surface area contributed by atoms with Crippen LogP contribution in [-0.2, 0) is 11.3 Å². The summed E-state index contributed by atoms with van der Waals surface area (Å²) in [4.78, 5) is 26.4. The molecule has 0 saturated carbocycles. The monoisotopic (exact) mass is 338 g/mol. The quantitative estimate of drug-likeness (QED) is 0.931. The van der Waals surface area contributed by atoms with Gasteiger partial charge in [0.05, 0.1) is 13.2 Å². The van der Waals surface area contributed by atoms with E-state index in [9.17, 15) is 9.59 Å². The van der Waals surface area contributed by atoms with Crippen LogP contribution in [0.2, 0.25) is 0 Å². The highest BCUT2D eigenvalue weighted by Crippen LogP contribution is 2.10. The topological polar surface area (TPSA) is 58.6 Å². The van der Waals surface area contributed by atoms with Gasteiger partial charge in [0.2, 0.25) is 0 Å². The Kier molecular flexibility index (Phi) is 5.46. The zero-order valence-corrected chi connectivity index (χ0v) is 14.3. The van der Waals surface area contributed by atoms with E-state index < -0.39 is 0 Å². The lowest BCUT2D eigenvalue weighted by Gasteiger charge is -2.26. The Labute approximate surface area is 147 Å². The number of nitrogens with zero attached hydrogens (tertiary/aromatic N) is 1. The van der Waals surface area contributed by atoms with Gasteiger partial charge in [-0.1, -0.05) is 29.8 Å². The fourth-order valence-electron chi connectivity index (χ4n) is 2.82. The van der Waals surface area contributed by atoms with Crippen LogP contribution in [-0.4, -0.2) is 43.0 Å². The Hall–Kier alpha value is -2.66. The molecule has 1 saturated heterocycles. The van der Waals surface area contributed by atoms with Gasteiger partial charge in [-0.2, -0.15) is 0 Å².